The van der Waals surface area contributed by atoms with Crippen molar-refractivity contribution in [3.8, 4) is 0 Å². The van der Waals surface area contributed by atoms with Gasteiger partial charge in [-0.05, 0) is 34.5 Å². The first-order valence-electron chi connectivity index (χ1n) is 5.42. The topological polar surface area (TPSA) is 60.4 Å². The van der Waals surface area contributed by atoms with Crippen molar-refractivity contribution in [2.75, 3.05) is 13.7 Å². The highest BCUT2D eigenvalue weighted by molar-refractivity contribution is 9.10. The van der Waals surface area contributed by atoms with Crippen LogP contribution in [0.15, 0.2) is 22.3 Å². The Kier molecular flexibility index (Phi) is 3.66. The average molecular weight is 299 g/mol. The second-order valence-electron chi connectivity index (χ2n) is 3.75. The number of nitrogens with zero attached hydrogens (tertiary/aromatic N) is 2. The number of hydrogen-bond donors (Lipinski definition) is 3. The number of aryl methyl sites for hydroxylation is 1. The molecule has 2 rings (SSSR count). The van der Waals surface area contributed by atoms with Crippen LogP contribution in [-0.4, -0.2) is 28.8 Å². The number of aliphatic hydroxyl groups is 1. The molecule has 2 heterocycles. The van der Waals surface area contributed by atoms with E-state index in [9.17, 15) is 5.11 Å². The molecule has 0 unspecified atom stereocenters. The van der Waals surface area contributed by atoms with Gasteiger partial charge in [0, 0.05) is 11.5 Å². The smallest absolute Gasteiger partial charge is 0.0993 e. The van der Waals surface area contributed by atoms with Gasteiger partial charge in [0.1, 0.15) is 0 Å². The minimum absolute atomic E-state index is 0.0367. The summed E-state index contributed by atoms with van der Waals surface area (Å²) in [6.07, 6.45) is 0.861. The van der Waals surface area contributed by atoms with Crippen LogP contribution in [0.4, 0.5) is 0 Å². The normalized spacial score (nSPS) is 15.4. The van der Waals surface area contributed by atoms with E-state index in [4.69, 9.17) is 0 Å². The van der Waals surface area contributed by atoms with Crippen LogP contribution in [0, 0.1) is 0 Å². The highest BCUT2D eigenvalue weighted by atomic mass is 79.9. The van der Waals surface area contributed by atoms with Crippen molar-refractivity contribution in [1.29, 1.82) is 0 Å². The number of hydrogen-bond acceptors (Lipinski definition) is 5. The van der Waals surface area contributed by atoms with Crippen molar-refractivity contribution < 1.29 is 5.11 Å². The first-order valence-corrected chi connectivity index (χ1v) is 6.21. The van der Waals surface area contributed by atoms with E-state index in [1.165, 1.54) is 0 Å². The number of pyridine rings is 1. The third-order valence-electron chi connectivity index (χ3n) is 2.70. The minimum Gasteiger partial charge on any atom is -0.390 e. The Morgan fingerprint density at radius 2 is 2.24 bits per heavy atom. The third-order valence-corrected chi connectivity index (χ3v) is 3.42. The number of rotatable bonds is 3. The van der Waals surface area contributed by atoms with Gasteiger partial charge in [-0.25, -0.2) is 4.98 Å². The molecule has 0 fully saturated rings. The van der Waals surface area contributed by atoms with E-state index in [2.05, 4.69) is 38.8 Å². The Balaban J connectivity index is 2.44. The Labute approximate surface area is 109 Å². The predicted octanol–water partition coefficient (Wildman–Crippen LogP) is 1.02. The van der Waals surface area contributed by atoms with Crippen molar-refractivity contribution in [2.24, 2.45) is 0 Å². The summed E-state index contributed by atoms with van der Waals surface area (Å²) in [6.45, 7) is 2.02. The highest BCUT2D eigenvalue weighted by Crippen LogP contribution is 2.22. The van der Waals surface area contributed by atoms with Gasteiger partial charge in [0.25, 0.3) is 0 Å². The van der Waals surface area contributed by atoms with Crippen LogP contribution in [0.3, 0.4) is 0 Å². The van der Waals surface area contributed by atoms with Gasteiger partial charge >= 0.3 is 0 Å². The van der Waals surface area contributed by atoms with Gasteiger partial charge in [0.2, 0.25) is 0 Å². The molecule has 92 valence electrons. The number of halogens is 1. The van der Waals surface area contributed by atoms with E-state index >= 15 is 0 Å². The third kappa shape index (κ3) is 2.29. The van der Waals surface area contributed by atoms with Crippen molar-refractivity contribution in [1.82, 2.24) is 21.0 Å². The zero-order valence-corrected chi connectivity index (χ0v) is 11.4. The molecule has 1 aromatic rings. The summed E-state index contributed by atoms with van der Waals surface area (Å²) >= 11 is 3.47. The summed E-state index contributed by atoms with van der Waals surface area (Å²) in [5.41, 5.74) is 9.36. The fourth-order valence-corrected chi connectivity index (χ4v) is 2.22. The van der Waals surface area contributed by atoms with Gasteiger partial charge in [-0.2, -0.15) is 0 Å². The van der Waals surface area contributed by atoms with E-state index in [1.54, 1.807) is 5.01 Å². The molecule has 0 aromatic carbocycles. The Morgan fingerprint density at radius 1 is 1.47 bits per heavy atom. The maximum atomic E-state index is 9.33. The highest BCUT2D eigenvalue weighted by Gasteiger charge is 2.20. The monoisotopic (exact) mass is 298 g/mol. The number of aliphatic hydroxyl groups excluding tert-OH is 1. The fourth-order valence-electron chi connectivity index (χ4n) is 1.72. The second kappa shape index (κ2) is 5.03. The van der Waals surface area contributed by atoms with E-state index in [0.717, 1.165) is 33.7 Å². The minimum atomic E-state index is -0.0367. The van der Waals surface area contributed by atoms with Crippen LogP contribution in [0.5, 0.6) is 0 Å². The quantitative estimate of drug-likeness (QED) is 0.778. The maximum absolute atomic E-state index is 9.33. The van der Waals surface area contributed by atoms with E-state index in [-0.39, 0.29) is 6.61 Å². The molecular weight excluding hydrogens is 284 g/mol. The van der Waals surface area contributed by atoms with Gasteiger partial charge < -0.3 is 5.11 Å². The van der Waals surface area contributed by atoms with Crippen molar-refractivity contribution in [3.63, 3.8) is 0 Å². The first kappa shape index (κ1) is 12.3. The Morgan fingerprint density at radius 3 is 2.88 bits per heavy atom. The number of hydrazine groups is 2. The lowest BCUT2D eigenvalue weighted by Crippen LogP contribution is -2.35. The predicted molar refractivity (Wildman–Crippen MR) is 69.4 cm³/mol. The number of likely N-dealkylation sites (N-methyl/N-ethyl adjacent to an activating group) is 1. The van der Waals surface area contributed by atoms with Crippen LogP contribution in [0.2, 0.25) is 0 Å². The van der Waals surface area contributed by atoms with E-state index in [0.29, 0.717) is 0 Å². The van der Waals surface area contributed by atoms with E-state index < -0.39 is 0 Å². The van der Waals surface area contributed by atoms with Gasteiger partial charge in [-0.15, -0.1) is 5.53 Å². The molecule has 1 aromatic heterocycles. The molecule has 0 aliphatic carbocycles. The zero-order valence-electron chi connectivity index (χ0n) is 9.79. The summed E-state index contributed by atoms with van der Waals surface area (Å²) in [7, 11) is 1.84. The molecule has 1 aliphatic heterocycles. The maximum Gasteiger partial charge on any atom is 0.0993 e. The fraction of sp³-hybridized carbons (Fsp3) is 0.364. The second-order valence-corrected chi connectivity index (χ2v) is 4.61. The standard InChI is InChI=1S/C11H15BrN4O/c1-3-8-7(12)4-5-9(13-8)11-10(6-17)16(2)15-14-11/h4-5,14-15,17H,3,6H2,1-2H3. The van der Waals surface area contributed by atoms with Gasteiger partial charge in [0.15, 0.2) is 0 Å². The zero-order chi connectivity index (χ0) is 12.4. The van der Waals surface area contributed by atoms with Crippen molar-refractivity contribution >= 4 is 21.6 Å². The molecular formula is C11H15BrN4O. The lowest BCUT2D eigenvalue weighted by molar-refractivity contribution is 0.241. The molecule has 0 saturated carbocycles. The molecule has 0 bridgehead atoms. The van der Waals surface area contributed by atoms with Crippen LogP contribution in [0.25, 0.3) is 5.70 Å². The van der Waals surface area contributed by atoms with Crippen LogP contribution >= 0.6 is 15.9 Å². The van der Waals surface area contributed by atoms with Gasteiger partial charge in [-0.1, -0.05) is 6.92 Å². The molecule has 0 amide bonds. The largest absolute Gasteiger partial charge is 0.390 e. The summed E-state index contributed by atoms with van der Waals surface area (Å²) < 4.78 is 1.01. The Bertz CT molecular complexity index is 461. The molecule has 0 radical (unpaired) electrons. The summed E-state index contributed by atoms with van der Waals surface area (Å²) in [5.74, 6) is 0. The van der Waals surface area contributed by atoms with Crippen molar-refractivity contribution in [3.05, 3.63) is 33.7 Å². The Hall–Kier alpha value is -1.11. The first-order chi connectivity index (χ1) is 8.17. The molecule has 0 atom stereocenters. The molecule has 17 heavy (non-hydrogen) atoms. The SMILES string of the molecule is CCc1nc(C2=C(CO)N(C)NN2)ccc1Br. The number of aromatic nitrogens is 1. The van der Waals surface area contributed by atoms with Crippen LogP contribution < -0.4 is 11.0 Å². The molecule has 1 aliphatic rings. The van der Waals surface area contributed by atoms with Crippen LogP contribution in [0.1, 0.15) is 18.3 Å². The molecule has 3 N–H and O–H groups in total. The molecule has 0 spiro atoms. The van der Waals surface area contributed by atoms with Gasteiger partial charge in [0.05, 0.1) is 29.4 Å². The number of nitrogens with one attached hydrogen (secondary N) is 2. The lowest BCUT2D eigenvalue weighted by Gasteiger charge is -2.11. The summed E-state index contributed by atoms with van der Waals surface area (Å²) in [5, 5.41) is 11.1. The van der Waals surface area contributed by atoms with Crippen LogP contribution in [-0.2, 0) is 6.42 Å². The van der Waals surface area contributed by atoms with E-state index in [1.807, 2.05) is 19.2 Å². The molecule has 0 saturated heterocycles. The van der Waals surface area contributed by atoms with Crippen molar-refractivity contribution in [2.45, 2.75) is 13.3 Å². The summed E-state index contributed by atoms with van der Waals surface area (Å²) in [4.78, 5) is 4.56. The molecule has 5 nitrogen and oxygen atoms in total. The molecule has 6 heteroatoms. The van der Waals surface area contributed by atoms with Gasteiger partial charge in [-0.3, -0.25) is 10.4 Å². The summed E-state index contributed by atoms with van der Waals surface area (Å²) in [6, 6.07) is 3.89. The average Bonchev–Trinajstić information content (AvgIpc) is 2.71. The lowest BCUT2D eigenvalue weighted by atomic mass is 10.2.